The summed E-state index contributed by atoms with van der Waals surface area (Å²) in [5.74, 6) is -0.0231. The molecule has 0 saturated heterocycles. The van der Waals surface area contributed by atoms with Crippen molar-refractivity contribution < 1.29 is 18.6 Å². The molecular formula is C11H15BrNO4P. The molecular weight excluding hydrogens is 321 g/mol. The summed E-state index contributed by atoms with van der Waals surface area (Å²) in [7, 11) is -1.84. The molecule has 0 amide bonds. The molecule has 1 aromatic carbocycles. The maximum absolute atomic E-state index is 12.1. The van der Waals surface area contributed by atoms with Gasteiger partial charge in [0.25, 0.3) is 0 Å². The Bertz CT molecular complexity index is 463. The first-order valence-corrected chi connectivity index (χ1v) is 8.09. The van der Waals surface area contributed by atoms with Crippen LogP contribution in [0.5, 0.6) is 5.75 Å². The lowest BCUT2D eigenvalue weighted by Crippen LogP contribution is -2.33. The second kappa shape index (κ2) is 6.36. The van der Waals surface area contributed by atoms with Gasteiger partial charge in [0, 0.05) is 11.1 Å². The van der Waals surface area contributed by atoms with E-state index in [0.29, 0.717) is 5.75 Å². The molecule has 0 aliphatic heterocycles. The number of nitrogens with one attached hydrogen (secondary N) is 1. The van der Waals surface area contributed by atoms with E-state index < -0.39 is 19.5 Å². The number of methoxy groups -OCH3 is 1. The van der Waals surface area contributed by atoms with Crippen molar-refractivity contribution in [1.29, 1.82) is 0 Å². The Morgan fingerprint density at radius 2 is 1.94 bits per heavy atom. The summed E-state index contributed by atoms with van der Waals surface area (Å²) in [6, 6.07) is 6.23. The highest BCUT2D eigenvalue weighted by atomic mass is 79.9. The third-order valence-electron chi connectivity index (χ3n) is 2.08. The summed E-state index contributed by atoms with van der Waals surface area (Å²) in [5, 5.41) is 2.62. The Morgan fingerprint density at radius 3 is 2.44 bits per heavy atom. The topological polar surface area (TPSA) is 64.6 Å². The molecule has 18 heavy (non-hydrogen) atoms. The Labute approximate surface area is 114 Å². The lowest BCUT2D eigenvalue weighted by molar-refractivity contribution is -0.142. The van der Waals surface area contributed by atoms with Gasteiger partial charge in [0.2, 0.25) is 0 Å². The Kier molecular flexibility index (Phi) is 5.38. The van der Waals surface area contributed by atoms with Gasteiger partial charge < -0.3 is 9.26 Å². The molecule has 100 valence electrons. The first kappa shape index (κ1) is 15.2. The van der Waals surface area contributed by atoms with Crippen molar-refractivity contribution in [2.24, 2.45) is 0 Å². The summed E-state index contributed by atoms with van der Waals surface area (Å²) in [6.07, 6.45) is 0. The molecule has 7 heteroatoms. The summed E-state index contributed by atoms with van der Waals surface area (Å²) in [4.78, 5) is 11.2. The van der Waals surface area contributed by atoms with Gasteiger partial charge in [0.1, 0.15) is 11.8 Å². The van der Waals surface area contributed by atoms with Crippen LogP contribution in [-0.2, 0) is 14.1 Å². The predicted molar refractivity (Wildman–Crippen MR) is 72.9 cm³/mol. The quantitative estimate of drug-likeness (QED) is 0.662. The Balaban J connectivity index is 2.67. The Hall–Kier alpha value is -0.840. The van der Waals surface area contributed by atoms with Gasteiger partial charge in [0.05, 0.1) is 7.11 Å². The molecule has 0 fully saturated rings. The van der Waals surface area contributed by atoms with E-state index in [0.717, 1.165) is 4.47 Å². The van der Waals surface area contributed by atoms with Crippen LogP contribution < -0.4 is 9.61 Å². The van der Waals surface area contributed by atoms with Crippen LogP contribution in [-0.4, -0.2) is 25.8 Å². The summed E-state index contributed by atoms with van der Waals surface area (Å²) in [6.45, 7) is 2.97. The molecule has 0 spiro atoms. The highest BCUT2D eigenvalue weighted by Gasteiger charge is 2.24. The fourth-order valence-electron chi connectivity index (χ4n) is 1.30. The highest BCUT2D eigenvalue weighted by Crippen LogP contribution is 2.39. The van der Waals surface area contributed by atoms with Gasteiger partial charge in [0.15, 0.2) is 0 Å². The molecule has 5 nitrogen and oxygen atoms in total. The van der Waals surface area contributed by atoms with E-state index in [1.807, 2.05) is 0 Å². The van der Waals surface area contributed by atoms with Crippen LogP contribution in [0.25, 0.3) is 0 Å². The van der Waals surface area contributed by atoms with Gasteiger partial charge >= 0.3 is 13.5 Å². The minimum absolute atomic E-state index is 0.466. The van der Waals surface area contributed by atoms with Crippen molar-refractivity contribution in [3.63, 3.8) is 0 Å². The van der Waals surface area contributed by atoms with Crippen LogP contribution in [0.2, 0.25) is 0 Å². The molecule has 1 rings (SSSR count). The average Bonchev–Trinajstić information content (AvgIpc) is 2.30. The molecule has 0 bridgehead atoms. The lowest BCUT2D eigenvalue weighted by atomic mass is 10.3. The van der Waals surface area contributed by atoms with E-state index in [1.165, 1.54) is 13.8 Å². The summed E-state index contributed by atoms with van der Waals surface area (Å²) in [5.41, 5.74) is 0. The molecule has 0 aliphatic carbocycles. The van der Waals surface area contributed by atoms with E-state index >= 15 is 0 Å². The number of rotatable bonds is 5. The SMILES string of the molecule is COC(=O)[C@H](C)NP(C)(=O)Oc1ccc(Br)cc1. The third-order valence-corrected chi connectivity index (χ3v) is 4.02. The standard InChI is InChI=1S/C11H15BrNO4P/c1-8(11(14)16-2)13-18(3,15)17-10-6-4-9(12)5-7-10/h4-8H,1-3H3,(H,13,15)/t8-,18?/m0/s1. The van der Waals surface area contributed by atoms with Crippen molar-refractivity contribution >= 4 is 29.4 Å². The van der Waals surface area contributed by atoms with E-state index in [4.69, 9.17) is 4.52 Å². The largest absolute Gasteiger partial charge is 0.468 e. The van der Waals surface area contributed by atoms with Gasteiger partial charge in [-0.05, 0) is 31.2 Å². The van der Waals surface area contributed by atoms with Crippen molar-refractivity contribution in [3.8, 4) is 5.75 Å². The minimum Gasteiger partial charge on any atom is -0.468 e. The van der Waals surface area contributed by atoms with Gasteiger partial charge in [-0.2, -0.15) is 0 Å². The zero-order valence-corrected chi connectivity index (χ0v) is 12.8. The zero-order valence-electron chi connectivity index (χ0n) is 10.3. The van der Waals surface area contributed by atoms with Crippen LogP contribution >= 0.6 is 23.4 Å². The van der Waals surface area contributed by atoms with Crippen molar-refractivity contribution in [3.05, 3.63) is 28.7 Å². The second-order valence-corrected chi connectivity index (χ2v) is 6.81. The van der Waals surface area contributed by atoms with Crippen molar-refractivity contribution in [2.45, 2.75) is 13.0 Å². The summed E-state index contributed by atoms with van der Waals surface area (Å²) < 4.78 is 22.9. The molecule has 0 aromatic heterocycles. The summed E-state index contributed by atoms with van der Waals surface area (Å²) >= 11 is 3.29. The highest BCUT2D eigenvalue weighted by molar-refractivity contribution is 9.10. The smallest absolute Gasteiger partial charge is 0.323 e. The third kappa shape index (κ3) is 4.80. The normalized spacial score (nSPS) is 15.6. The number of halogens is 1. The molecule has 1 N–H and O–H groups in total. The average molecular weight is 336 g/mol. The zero-order chi connectivity index (χ0) is 13.8. The van der Waals surface area contributed by atoms with Crippen molar-refractivity contribution in [2.75, 3.05) is 13.8 Å². The molecule has 1 unspecified atom stereocenters. The number of benzene rings is 1. The van der Waals surface area contributed by atoms with Crippen LogP contribution in [0.15, 0.2) is 28.7 Å². The van der Waals surface area contributed by atoms with Gasteiger partial charge in [-0.1, -0.05) is 15.9 Å². The molecule has 2 atom stereocenters. The molecule has 0 saturated carbocycles. The monoisotopic (exact) mass is 335 g/mol. The number of hydrogen-bond acceptors (Lipinski definition) is 4. The number of esters is 1. The van der Waals surface area contributed by atoms with Crippen LogP contribution in [0.1, 0.15) is 6.92 Å². The number of carbonyl (C=O) groups excluding carboxylic acids is 1. The molecule has 0 radical (unpaired) electrons. The first-order valence-electron chi connectivity index (χ1n) is 5.22. The van der Waals surface area contributed by atoms with Crippen LogP contribution in [0.4, 0.5) is 0 Å². The minimum atomic E-state index is -3.12. The predicted octanol–water partition coefficient (Wildman–Crippen LogP) is 2.80. The van der Waals surface area contributed by atoms with E-state index in [1.54, 1.807) is 31.2 Å². The lowest BCUT2D eigenvalue weighted by Gasteiger charge is -2.19. The maximum Gasteiger partial charge on any atom is 0.323 e. The van der Waals surface area contributed by atoms with Gasteiger partial charge in [-0.25, -0.2) is 5.09 Å². The van der Waals surface area contributed by atoms with Crippen molar-refractivity contribution in [1.82, 2.24) is 5.09 Å². The van der Waals surface area contributed by atoms with Crippen LogP contribution in [0, 0.1) is 0 Å². The molecule has 1 aromatic rings. The van der Waals surface area contributed by atoms with E-state index in [2.05, 4.69) is 25.8 Å². The number of ether oxygens (including phenoxy) is 1. The van der Waals surface area contributed by atoms with Gasteiger partial charge in [-0.15, -0.1) is 0 Å². The first-order chi connectivity index (χ1) is 8.34. The molecule has 0 heterocycles. The van der Waals surface area contributed by atoms with Crippen LogP contribution in [0.3, 0.4) is 0 Å². The fraction of sp³-hybridized carbons (Fsp3) is 0.364. The van der Waals surface area contributed by atoms with E-state index in [9.17, 15) is 9.36 Å². The number of carbonyl (C=O) groups is 1. The fourth-order valence-corrected chi connectivity index (χ4v) is 2.95. The Morgan fingerprint density at radius 1 is 1.39 bits per heavy atom. The van der Waals surface area contributed by atoms with E-state index in [-0.39, 0.29) is 0 Å². The number of hydrogen-bond donors (Lipinski definition) is 1. The maximum atomic E-state index is 12.1. The molecule has 0 aliphatic rings. The van der Waals surface area contributed by atoms with Gasteiger partial charge in [-0.3, -0.25) is 9.36 Å². The second-order valence-electron chi connectivity index (χ2n) is 3.77.